The summed E-state index contributed by atoms with van der Waals surface area (Å²) >= 11 is 0. The summed E-state index contributed by atoms with van der Waals surface area (Å²) in [6, 6.07) is 0. The maximum atomic E-state index is 4.31. The van der Waals surface area contributed by atoms with Crippen LogP contribution in [0.2, 0.25) is 0 Å². The van der Waals surface area contributed by atoms with Crippen molar-refractivity contribution in [3.63, 3.8) is 0 Å². The maximum Gasteiger partial charge on any atom is 0.0628 e. The Balaban J connectivity index is 2.30. The molecule has 0 spiro atoms. The Hall–Kier alpha value is -0.790. The molecule has 1 radical (unpaired) electrons. The molecule has 11 heavy (non-hydrogen) atoms. The van der Waals surface area contributed by atoms with Crippen LogP contribution in [-0.4, -0.2) is 9.78 Å². The van der Waals surface area contributed by atoms with Gasteiger partial charge in [-0.15, -0.1) is 0 Å². The first-order valence-corrected chi connectivity index (χ1v) is 4.01. The molecule has 0 N–H and O–H groups in total. The van der Waals surface area contributed by atoms with E-state index in [0.29, 0.717) is 0 Å². The zero-order valence-electron chi connectivity index (χ0n) is 7.26. The smallest absolute Gasteiger partial charge is 0.0628 e. The third kappa shape index (κ3) is 1.06. The van der Waals surface area contributed by atoms with Crippen LogP contribution in [0.15, 0.2) is 6.20 Å². The van der Waals surface area contributed by atoms with Crippen molar-refractivity contribution >= 4 is 0 Å². The summed E-state index contributed by atoms with van der Waals surface area (Å²) in [7, 11) is 1.98. The van der Waals surface area contributed by atoms with Crippen molar-refractivity contribution in [2.45, 2.75) is 26.2 Å². The monoisotopic (exact) mass is 149 g/mol. The second-order valence-corrected chi connectivity index (χ2v) is 3.45. The molecule has 1 aliphatic carbocycles. The standard InChI is InChI=1S/C9H13N2/c1-6-4-8(6)9-5-11(3)10-7(9)2/h5,8H,4H2,1-3H3. The Morgan fingerprint density at radius 3 is 2.55 bits per heavy atom. The fraction of sp³-hybridized carbons (Fsp3) is 0.556. The number of hydrogen-bond acceptors (Lipinski definition) is 1. The molecule has 1 atom stereocenters. The largest absolute Gasteiger partial charge is 0.275 e. The van der Waals surface area contributed by atoms with Gasteiger partial charge < -0.3 is 0 Å². The van der Waals surface area contributed by atoms with Crippen molar-refractivity contribution in [1.29, 1.82) is 0 Å². The summed E-state index contributed by atoms with van der Waals surface area (Å²) in [6.07, 6.45) is 3.41. The average Bonchev–Trinajstić information content (AvgIpc) is 2.52. The quantitative estimate of drug-likeness (QED) is 0.595. The SMILES string of the molecule is C[C]1CC1c1cn(C)nc1C. The van der Waals surface area contributed by atoms with Crippen LogP contribution in [0.5, 0.6) is 0 Å². The first kappa shape index (κ1) is 6.89. The minimum Gasteiger partial charge on any atom is -0.275 e. The van der Waals surface area contributed by atoms with Gasteiger partial charge in [-0.2, -0.15) is 5.10 Å². The van der Waals surface area contributed by atoms with Gasteiger partial charge in [-0.05, 0) is 30.7 Å². The van der Waals surface area contributed by atoms with Crippen LogP contribution in [0, 0.1) is 12.8 Å². The fourth-order valence-electron chi connectivity index (χ4n) is 1.60. The van der Waals surface area contributed by atoms with Crippen LogP contribution in [0.1, 0.15) is 30.5 Å². The van der Waals surface area contributed by atoms with Crippen molar-refractivity contribution in [2.75, 3.05) is 0 Å². The summed E-state index contributed by atoms with van der Waals surface area (Å²) in [6.45, 7) is 4.30. The molecule has 59 valence electrons. The number of rotatable bonds is 1. The predicted molar refractivity (Wildman–Crippen MR) is 44.2 cm³/mol. The molecule has 1 aromatic heterocycles. The van der Waals surface area contributed by atoms with Gasteiger partial charge in [0, 0.05) is 13.2 Å². The van der Waals surface area contributed by atoms with E-state index in [2.05, 4.69) is 25.1 Å². The Morgan fingerprint density at radius 2 is 2.18 bits per heavy atom. The van der Waals surface area contributed by atoms with E-state index < -0.39 is 0 Å². The van der Waals surface area contributed by atoms with Crippen LogP contribution in [0.3, 0.4) is 0 Å². The summed E-state index contributed by atoms with van der Waals surface area (Å²) in [5.41, 5.74) is 2.61. The van der Waals surface area contributed by atoms with Crippen LogP contribution in [-0.2, 0) is 7.05 Å². The molecule has 1 unspecified atom stereocenters. The highest BCUT2D eigenvalue weighted by atomic mass is 15.2. The van der Waals surface area contributed by atoms with Gasteiger partial charge in [-0.1, -0.05) is 6.92 Å². The summed E-state index contributed by atoms with van der Waals surface area (Å²) in [4.78, 5) is 0. The van der Waals surface area contributed by atoms with E-state index in [-0.39, 0.29) is 0 Å². The summed E-state index contributed by atoms with van der Waals surface area (Å²) in [5.74, 6) is 2.32. The van der Waals surface area contributed by atoms with Crippen LogP contribution in [0.4, 0.5) is 0 Å². The molecule has 0 saturated heterocycles. The topological polar surface area (TPSA) is 17.8 Å². The van der Waals surface area contributed by atoms with Gasteiger partial charge in [0.25, 0.3) is 0 Å². The van der Waals surface area contributed by atoms with Crippen LogP contribution in [0.25, 0.3) is 0 Å². The lowest BCUT2D eigenvalue weighted by Crippen LogP contribution is -1.86. The van der Waals surface area contributed by atoms with E-state index >= 15 is 0 Å². The van der Waals surface area contributed by atoms with Crippen LogP contribution >= 0.6 is 0 Å². The third-order valence-electron chi connectivity index (χ3n) is 2.39. The van der Waals surface area contributed by atoms with Gasteiger partial charge in [0.05, 0.1) is 5.69 Å². The zero-order chi connectivity index (χ0) is 8.01. The van der Waals surface area contributed by atoms with Gasteiger partial charge in [0.1, 0.15) is 0 Å². The van der Waals surface area contributed by atoms with Gasteiger partial charge in [0.2, 0.25) is 0 Å². The zero-order valence-corrected chi connectivity index (χ0v) is 7.26. The van der Waals surface area contributed by atoms with Gasteiger partial charge in [-0.25, -0.2) is 0 Å². The Bertz CT molecular complexity index is 275. The number of aromatic nitrogens is 2. The molecule has 0 aliphatic heterocycles. The maximum absolute atomic E-state index is 4.31. The van der Waals surface area contributed by atoms with Crippen molar-refractivity contribution < 1.29 is 0 Å². The molecule has 1 aliphatic rings. The number of aryl methyl sites for hydroxylation is 2. The van der Waals surface area contributed by atoms with Crippen molar-refractivity contribution in [2.24, 2.45) is 7.05 Å². The Kier molecular flexibility index (Phi) is 1.31. The molecule has 0 amide bonds. The number of hydrogen-bond donors (Lipinski definition) is 0. The molecule has 0 bridgehead atoms. The molecule has 1 aromatic rings. The van der Waals surface area contributed by atoms with Crippen molar-refractivity contribution in [3.05, 3.63) is 23.4 Å². The molecule has 2 rings (SSSR count). The van der Waals surface area contributed by atoms with Crippen molar-refractivity contribution in [3.8, 4) is 0 Å². The third-order valence-corrected chi connectivity index (χ3v) is 2.39. The van der Waals surface area contributed by atoms with E-state index in [1.807, 2.05) is 11.7 Å². The normalized spacial score (nSPS) is 24.1. The minimum atomic E-state index is 0.726. The van der Waals surface area contributed by atoms with E-state index in [1.165, 1.54) is 17.7 Å². The minimum absolute atomic E-state index is 0.726. The second-order valence-electron chi connectivity index (χ2n) is 3.45. The molecule has 1 heterocycles. The Morgan fingerprint density at radius 1 is 1.55 bits per heavy atom. The fourth-order valence-corrected chi connectivity index (χ4v) is 1.60. The molecule has 2 heteroatoms. The highest BCUT2D eigenvalue weighted by Crippen LogP contribution is 2.49. The van der Waals surface area contributed by atoms with E-state index in [0.717, 1.165) is 5.92 Å². The molecule has 1 fully saturated rings. The van der Waals surface area contributed by atoms with E-state index in [1.54, 1.807) is 5.92 Å². The molecular formula is C9H13N2. The van der Waals surface area contributed by atoms with Crippen LogP contribution < -0.4 is 0 Å². The predicted octanol–water partition coefficient (Wildman–Crippen LogP) is 1.81. The number of nitrogens with zero attached hydrogens (tertiary/aromatic N) is 2. The molecular weight excluding hydrogens is 136 g/mol. The van der Waals surface area contributed by atoms with Gasteiger partial charge >= 0.3 is 0 Å². The molecule has 1 saturated carbocycles. The first-order chi connectivity index (χ1) is 5.18. The van der Waals surface area contributed by atoms with E-state index in [9.17, 15) is 0 Å². The highest BCUT2D eigenvalue weighted by Gasteiger charge is 2.36. The van der Waals surface area contributed by atoms with Gasteiger partial charge in [0.15, 0.2) is 0 Å². The second kappa shape index (κ2) is 2.10. The lowest BCUT2D eigenvalue weighted by Gasteiger charge is -1.90. The summed E-state index contributed by atoms with van der Waals surface area (Å²) < 4.78 is 1.90. The lowest BCUT2D eigenvalue weighted by molar-refractivity contribution is 0.756. The molecule has 2 nitrogen and oxygen atoms in total. The highest BCUT2D eigenvalue weighted by molar-refractivity contribution is 5.36. The van der Waals surface area contributed by atoms with Gasteiger partial charge in [-0.3, -0.25) is 4.68 Å². The lowest BCUT2D eigenvalue weighted by atomic mass is 10.1. The Labute approximate surface area is 67.2 Å². The molecule has 0 aromatic carbocycles. The average molecular weight is 149 g/mol. The first-order valence-electron chi connectivity index (χ1n) is 4.01. The summed E-state index contributed by atoms with van der Waals surface area (Å²) in [5, 5.41) is 4.31. The van der Waals surface area contributed by atoms with Crippen molar-refractivity contribution in [1.82, 2.24) is 9.78 Å². The van der Waals surface area contributed by atoms with E-state index in [4.69, 9.17) is 0 Å².